The molecule has 1 aromatic heterocycles. The van der Waals surface area contributed by atoms with Crippen LogP contribution >= 0.6 is 27.7 Å². The lowest BCUT2D eigenvalue weighted by Crippen LogP contribution is -2.42. The van der Waals surface area contributed by atoms with Crippen LogP contribution in [-0.4, -0.2) is 33.9 Å². The van der Waals surface area contributed by atoms with Crippen molar-refractivity contribution >= 4 is 50.9 Å². The zero-order chi connectivity index (χ0) is 19.6. The zero-order valence-corrected chi connectivity index (χ0v) is 17.0. The van der Waals surface area contributed by atoms with Crippen LogP contribution in [-0.2, 0) is 16.1 Å². The number of aryl methyl sites for hydroxylation is 1. The monoisotopic (exact) mass is 448 g/mol. The molecule has 0 aliphatic carbocycles. The molecule has 9 heteroatoms. The summed E-state index contributed by atoms with van der Waals surface area (Å²) in [7, 11) is 0. The molecule has 0 fully saturated rings. The van der Waals surface area contributed by atoms with E-state index >= 15 is 0 Å². The van der Waals surface area contributed by atoms with E-state index in [4.69, 9.17) is 0 Å². The standard InChI is InChI=1S/C18H17BrN4O3S/c1-3-6-22-16(25)10-27-14-8-20-23(18(26)17(14)22)9-15(24)21-12-4-5-13(19)11(2)7-12/h3-5,7-8H,1,6,9-10H2,2H3,(H,21,24). The van der Waals surface area contributed by atoms with Gasteiger partial charge in [0.05, 0.1) is 16.8 Å². The quantitative estimate of drug-likeness (QED) is 0.710. The highest BCUT2D eigenvalue weighted by Crippen LogP contribution is 2.31. The Hall–Kier alpha value is -2.39. The second kappa shape index (κ2) is 8.10. The van der Waals surface area contributed by atoms with Crippen molar-refractivity contribution in [2.45, 2.75) is 18.4 Å². The fraction of sp³-hybridized carbons (Fsp3) is 0.222. The Labute approximate surface area is 168 Å². The molecule has 0 atom stereocenters. The van der Waals surface area contributed by atoms with Crippen LogP contribution in [0.5, 0.6) is 0 Å². The van der Waals surface area contributed by atoms with Gasteiger partial charge in [-0.15, -0.1) is 18.3 Å². The molecule has 0 radical (unpaired) electrons. The third-order valence-electron chi connectivity index (χ3n) is 3.95. The highest BCUT2D eigenvalue weighted by molar-refractivity contribution is 9.10. The highest BCUT2D eigenvalue weighted by Gasteiger charge is 2.28. The van der Waals surface area contributed by atoms with E-state index in [-0.39, 0.29) is 36.3 Å². The van der Waals surface area contributed by atoms with Crippen LogP contribution in [0.15, 0.2) is 51.2 Å². The fourth-order valence-corrected chi connectivity index (χ4v) is 3.79. The molecule has 2 amide bonds. The molecule has 140 valence electrons. The first kappa shape index (κ1) is 19.4. The Kier molecular flexibility index (Phi) is 5.81. The van der Waals surface area contributed by atoms with E-state index in [9.17, 15) is 14.4 Å². The van der Waals surface area contributed by atoms with Crippen molar-refractivity contribution in [3.8, 4) is 0 Å². The normalized spacial score (nSPS) is 13.3. The molecule has 1 aliphatic heterocycles. The molecule has 0 saturated heterocycles. The Morgan fingerprint density at radius 3 is 2.93 bits per heavy atom. The average Bonchev–Trinajstić information content (AvgIpc) is 2.63. The zero-order valence-electron chi connectivity index (χ0n) is 14.6. The molecular weight excluding hydrogens is 432 g/mol. The van der Waals surface area contributed by atoms with Gasteiger partial charge in [0.1, 0.15) is 12.2 Å². The maximum atomic E-state index is 12.8. The van der Waals surface area contributed by atoms with Crippen LogP contribution in [0.1, 0.15) is 5.56 Å². The van der Waals surface area contributed by atoms with Gasteiger partial charge in [0.2, 0.25) is 11.8 Å². The number of hydrogen-bond donors (Lipinski definition) is 1. The van der Waals surface area contributed by atoms with Crippen LogP contribution in [0.3, 0.4) is 0 Å². The van der Waals surface area contributed by atoms with Gasteiger partial charge in [0, 0.05) is 16.7 Å². The third-order valence-corrected chi connectivity index (χ3v) is 5.84. The van der Waals surface area contributed by atoms with Crippen LogP contribution in [0, 0.1) is 6.92 Å². The number of halogens is 1. The number of anilines is 2. The molecule has 2 aromatic rings. The van der Waals surface area contributed by atoms with Gasteiger partial charge in [0.15, 0.2) is 0 Å². The minimum absolute atomic E-state index is 0.169. The van der Waals surface area contributed by atoms with E-state index in [1.54, 1.807) is 12.1 Å². The molecule has 0 unspecified atom stereocenters. The van der Waals surface area contributed by atoms with Gasteiger partial charge in [-0.05, 0) is 30.7 Å². The van der Waals surface area contributed by atoms with Crippen molar-refractivity contribution in [2.75, 3.05) is 22.5 Å². The summed E-state index contributed by atoms with van der Waals surface area (Å²) in [6.07, 6.45) is 3.07. The van der Waals surface area contributed by atoms with Crippen molar-refractivity contribution in [3.05, 3.63) is 57.4 Å². The van der Waals surface area contributed by atoms with Crippen LogP contribution in [0.2, 0.25) is 0 Å². The lowest BCUT2D eigenvalue weighted by atomic mass is 10.2. The lowest BCUT2D eigenvalue weighted by Gasteiger charge is -2.27. The van der Waals surface area contributed by atoms with Crippen molar-refractivity contribution in [1.29, 1.82) is 0 Å². The van der Waals surface area contributed by atoms with E-state index in [0.717, 1.165) is 14.7 Å². The Bertz CT molecular complexity index is 989. The topological polar surface area (TPSA) is 84.3 Å². The summed E-state index contributed by atoms with van der Waals surface area (Å²) in [6, 6.07) is 5.43. The van der Waals surface area contributed by atoms with Crippen LogP contribution < -0.4 is 15.8 Å². The third kappa shape index (κ3) is 4.14. The smallest absolute Gasteiger partial charge is 0.292 e. The van der Waals surface area contributed by atoms with Crippen molar-refractivity contribution in [2.24, 2.45) is 0 Å². The number of nitrogens with zero attached hydrogens (tertiary/aromatic N) is 3. The molecule has 2 heterocycles. The molecule has 1 aromatic carbocycles. The van der Waals surface area contributed by atoms with E-state index in [2.05, 4.69) is 32.9 Å². The van der Waals surface area contributed by atoms with Gasteiger partial charge in [-0.25, -0.2) is 4.68 Å². The van der Waals surface area contributed by atoms with Gasteiger partial charge in [-0.1, -0.05) is 22.0 Å². The SMILES string of the molecule is C=CCN1C(=O)CSc2cnn(CC(=O)Nc3ccc(Br)c(C)c3)c(=O)c21. The number of carbonyl (C=O) groups is 2. The number of fused-ring (bicyclic) bond motifs is 1. The van der Waals surface area contributed by atoms with Gasteiger partial charge in [-0.2, -0.15) is 5.10 Å². The number of hydrogen-bond acceptors (Lipinski definition) is 5. The number of amides is 2. The van der Waals surface area contributed by atoms with Crippen LogP contribution in [0.4, 0.5) is 11.4 Å². The molecular formula is C18H17BrN4O3S. The van der Waals surface area contributed by atoms with E-state index in [1.165, 1.54) is 22.9 Å². The van der Waals surface area contributed by atoms with E-state index in [1.807, 2.05) is 19.1 Å². The summed E-state index contributed by atoms with van der Waals surface area (Å²) in [5.74, 6) is -0.302. The van der Waals surface area contributed by atoms with Gasteiger partial charge >= 0.3 is 0 Å². The molecule has 0 spiro atoms. The fourth-order valence-electron chi connectivity index (χ4n) is 2.65. The summed E-state index contributed by atoms with van der Waals surface area (Å²) in [6.45, 7) is 5.53. The van der Waals surface area contributed by atoms with Gasteiger partial charge < -0.3 is 10.2 Å². The minimum atomic E-state index is -0.475. The number of aromatic nitrogens is 2. The molecule has 0 saturated carbocycles. The largest absolute Gasteiger partial charge is 0.324 e. The maximum Gasteiger partial charge on any atom is 0.292 e. The van der Waals surface area contributed by atoms with E-state index in [0.29, 0.717) is 10.6 Å². The number of benzene rings is 1. The molecule has 1 aliphatic rings. The Morgan fingerprint density at radius 1 is 1.44 bits per heavy atom. The summed E-state index contributed by atoms with van der Waals surface area (Å²) in [5, 5.41) is 6.83. The number of carbonyl (C=O) groups excluding carboxylic acids is 2. The number of rotatable bonds is 5. The second-order valence-electron chi connectivity index (χ2n) is 5.91. The first-order valence-electron chi connectivity index (χ1n) is 8.11. The lowest BCUT2D eigenvalue weighted by molar-refractivity contribution is -0.117. The first-order valence-corrected chi connectivity index (χ1v) is 9.88. The number of thioether (sulfide) groups is 1. The summed E-state index contributed by atoms with van der Waals surface area (Å²) in [4.78, 5) is 39.3. The molecule has 1 N–H and O–H groups in total. The summed E-state index contributed by atoms with van der Waals surface area (Å²) < 4.78 is 2.01. The van der Waals surface area contributed by atoms with E-state index < -0.39 is 5.56 Å². The van der Waals surface area contributed by atoms with Crippen molar-refractivity contribution in [1.82, 2.24) is 9.78 Å². The summed E-state index contributed by atoms with van der Waals surface area (Å²) in [5.41, 5.74) is 1.38. The summed E-state index contributed by atoms with van der Waals surface area (Å²) >= 11 is 4.68. The first-order chi connectivity index (χ1) is 12.9. The van der Waals surface area contributed by atoms with Crippen LogP contribution in [0.25, 0.3) is 0 Å². The molecule has 7 nitrogen and oxygen atoms in total. The maximum absolute atomic E-state index is 12.8. The van der Waals surface area contributed by atoms with Crippen molar-refractivity contribution < 1.29 is 9.59 Å². The minimum Gasteiger partial charge on any atom is -0.324 e. The predicted octanol–water partition coefficient (Wildman–Crippen LogP) is 2.58. The second-order valence-corrected chi connectivity index (χ2v) is 7.79. The molecule has 3 rings (SSSR count). The predicted molar refractivity (Wildman–Crippen MR) is 109 cm³/mol. The van der Waals surface area contributed by atoms with Crippen molar-refractivity contribution in [3.63, 3.8) is 0 Å². The number of nitrogens with one attached hydrogen (secondary N) is 1. The van der Waals surface area contributed by atoms with Gasteiger partial charge in [0.25, 0.3) is 5.56 Å². The average molecular weight is 449 g/mol. The Balaban J connectivity index is 1.84. The highest BCUT2D eigenvalue weighted by atomic mass is 79.9. The molecule has 27 heavy (non-hydrogen) atoms. The Morgan fingerprint density at radius 2 is 2.22 bits per heavy atom. The molecule has 0 bridgehead atoms. The van der Waals surface area contributed by atoms with Gasteiger partial charge in [-0.3, -0.25) is 14.4 Å².